The Labute approximate surface area is 261 Å². The van der Waals surface area contributed by atoms with E-state index in [2.05, 4.69) is 31.7 Å². The van der Waals surface area contributed by atoms with E-state index in [0.29, 0.717) is 47.0 Å². The van der Waals surface area contributed by atoms with Crippen LogP contribution < -0.4 is 20.7 Å². The minimum atomic E-state index is -0.532. The van der Waals surface area contributed by atoms with Gasteiger partial charge in [0.15, 0.2) is 0 Å². The first kappa shape index (κ1) is 29.2. The lowest BCUT2D eigenvalue weighted by Gasteiger charge is -2.34. The molecule has 2 aliphatic heterocycles. The van der Waals surface area contributed by atoms with Gasteiger partial charge in [-0.05, 0) is 74.2 Å². The predicted molar refractivity (Wildman–Crippen MR) is 173 cm³/mol. The first-order chi connectivity index (χ1) is 21.8. The number of nitrogens with one attached hydrogen (secondary N) is 1. The van der Waals surface area contributed by atoms with E-state index in [0.717, 1.165) is 57.5 Å². The molecule has 1 saturated heterocycles. The number of carbonyl (C=O) groups excluding carboxylic acids is 1. The van der Waals surface area contributed by atoms with E-state index in [1.807, 2.05) is 18.2 Å². The molecule has 1 aliphatic carbocycles. The predicted octanol–water partition coefficient (Wildman–Crippen LogP) is 3.91. The highest BCUT2D eigenvalue weighted by atomic mass is 19.1. The molecule has 0 radical (unpaired) electrons. The third-order valence-electron chi connectivity index (χ3n) is 9.43. The summed E-state index contributed by atoms with van der Waals surface area (Å²) in [4.78, 5) is 37.6. The van der Waals surface area contributed by atoms with Crippen molar-refractivity contribution in [2.45, 2.75) is 38.8 Å². The zero-order valence-electron chi connectivity index (χ0n) is 25.7. The molecule has 1 fully saturated rings. The first-order valence-electron chi connectivity index (χ1n) is 15.6. The van der Waals surface area contributed by atoms with Gasteiger partial charge in [0.25, 0.3) is 11.5 Å². The lowest BCUT2D eigenvalue weighted by molar-refractivity contribution is 0.0964. The highest BCUT2D eigenvalue weighted by molar-refractivity contribution is 6.07. The number of hydrogen-bond acceptors (Lipinski definition) is 7. The number of anilines is 4. The molecule has 1 aromatic carbocycles. The number of benzene rings is 1. The number of aromatic nitrogens is 3. The first-order valence-corrected chi connectivity index (χ1v) is 15.6. The molecule has 0 atom stereocenters. The van der Waals surface area contributed by atoms with Crippen molar-refractivity contribution in [3.63, 3.8) is 0 Å². The highest BCUT2D eigenvalue weighted by Crippen LogP contribution is 2.37. The van der Waals surface area contributed by atoms with Crippen molar-refractivity contribution >= 4 is 28.8 Å². The van der Waals surface area contributed by atoms with Gasteiger partial charge < -0.3 is 34.3 Å². The number of amides is 1. The molecule has 7 rings (SSSR count). The van der Waals surface area contributed by atoms with E-state index in [4.69, 9.17) is 0 Å². The third-order valence-corrected chi connectivity index (χ3v) is 9.43. The van der Waals surface area contributed by atoms with E-state index >= 15 is 4.39 Å². The van der Waals surface area contributed by atoms with Crippen LogP contribution in [-0.2, 0) is 33.0 Å². The quantitative estimate of drug-likeness (QED) is 0.341. The molecule has 234 valence electrons. The van der Waals surface area contributed by atoms with Gasteiger partial charge >= 0.3 is 0 Å². The van der Waals surface area contributed by atoms with Gasteiger partial charge in [0.2, 0.25) is 0 Å². The van der Waals surface area contributed by atoms with Crippen molar-refractivity contribution in [3.8, 4) is 11.1 Å². The van der Waals surface area contributed by atoms with Crippen LogP contribution in [0.5, 0.6) is 0 Å². The molecular formula is C34H38FN7O3. The average molecular weight is 612 g/mol. The lowest BCUT2D eigenvalue weighted by atomic mass is 9.97. The van der Waals surface area contributed by atoms with E-state index < -0.39 is 12.4 Å². The number of carbonyl (C=O) groups is 1. The molecule has 11 heteroatoms. The van der Waals surface area contributed by atoms with Gasteiger partial charge in [0, 0.05) is 87.3 Å². The van der Waals surface area contributed by atoms with Crippen LogP contribution in [0.2, 0.25) is 0 Å². The fourth-order valence-corrected chi connectivity index (χ4v) is 6.99. The number of piperazine rings is 1. The number of hydrogen-bond donors (Lipinski definition) is 2. The summed E-state index contributed by atoms with van der Waals surface area (Å²) < 4.78 is 18.9. The smallest absolute Gasteiger partial charge is 0.274 e. The number of rotatable bonds is 6. The van der Waals surface area contributed by atoms with E-state index in [1.54, 1.807) is 30.4 Å². The molecule has 45 heavy (non-hydrogen) atoms. The molecule has 3 aliphatic rings. The molecule has 4 aromatic rings. The Bertz CT molecular complexity index is 1840. The zero-order chi connectivity index (χ0) is 31.2. The van der Waals surface area contributed by atoms with Crippen molar-refractivity contribution in [2.75, 3.05) is 54.9 Å². The fraction of sp³-hybridized carbons (Fsp3) is 0.382. The minimum Gasteiger partial charge on any atom is -0.392 e. The van der Waals surface area contributed by atoms with E-state index in [9.17, 15) is 14.7 Å². The molecule has 1 amide bonds. The van der Waals surface area contributed by atoms with Crippen LogP contribution in [0, 0.1) is 5.82 Å². The van der Waals surface area contributed by atoms with Gasteiger partial charge in [0.1, 0.15) is 23.0 Å². The molecule has 0 unspecified atom stereocenters. The van der Waals surface area contributed by atoms with Crippen molar-refractivity contribution < 1.29 is 14.3 Å². The number of pyridine rings is 2. The van der Waals surface area contributed by atoms with Gasteiger partial charge in [-0.1, -0.05) is 0 Å². The van der Waals surface area contributed by atoms with Crippen molar-refractivity contribution in [1.29, 1.82) is 0 Å². The second-order valence-corrected chi connectivity index (χ2v) is 12.3. The molecule has 0 bridgehead atoms. The van der Waals surface area contributed by atoms with Crippen molar-refractivity contribution in [1.82, 2.24) is 19.0 Å². The summed E-state index contributed by atoms with van der Waals surface area (Å²) in [7, 11) is 3.74. The largest absolute Gasteiger partial charge is 0.392 e. The third kappa shape index (κ3) is 5.40. The number of fused-ring (bicyclic) bond motifs is 3. The maximum atomic E-state index is 15.3. The highest BCUT2D eigenvalue weighted by Gasteiger charge is 2.32. The number of nitrogens with zero attached hydrogens (tertiary/aromatic N) is 6. The summed E-state index contributed by atoms with van der Waals surface area (Å²) in [5.74, 6) is -0.209. The summed E-state index contributed by atoms with van der Waals surface area (Å²) >= 11 is 0. The zero-order valence-corrected chi connectivity index (χ0v) is 25.7. The van der Waals surface area contributed by atoms with Crippen LogP contribution in [0.15, 0.2) is 53.6 Å². The maximum absolute atomic E-state index is 15.3. The number of aliphatic hydroxyl groups excluding tert-OH is 1. The van der Waals surface area contributed by atoms with Crippen LogP contribution in [0.3, 0.4) is 0 Å². The molecule has 5 heterocycles. The molecule has 2 N–H and O–H groups in total. The van der Waals surface area contributed by atoms with Crippen LogP contribution in [0.25, 0.3) is 11.1 Å². The van der Waals surface area contributed by atoms with Crippen LogP contribution >= 0.6 is 0 Å². The lowest BCUT2D eigenvalue weighted by Crippen LogP contribution is -2.44. The fourth-order valence-electron chi connectivity index (χ4n) is 6.99. The van der Waals surface area contributed by atoms with Crippen LogP contribution in [0.1, 0.15) is 40.2 Å². The molecular weight excluding hydrogens is 573 g/mol. The van der Waals surface area contributed by atoms with E-state index in [1.165, 1.54) is 28.0 Å². The van der Waals surface area contributed by atoms with E-state index in [-0.39, 0.29) is 17.2 Å². The van der Waals surface area contributed by atoms with Gasteiger partial charge in [-0.25, -0.2) is 9.37 Å². The van der Waals surface area contributed by atoms with Crippen LogP contribution in [-0.4, -0.2) is 69.8 Å². The SMILES string of the molecule is CN1CCN(c2ccnc(Nc3cc(-c4cc(F)cc(N5CCn6c(cc7c6CCCC7)C5=O)c4CO)cn(C)c3=O)c2)CC1. The number of halogens is 1. The van der Waals surface area contributed by atoms with Gasteiger partial charge in [-0.2, -0.15) is 0 Å². The van der Waals surface area contributed by atoms with Crippen molar-refractivity contribution in [3.05, 3.63) is 87.5 Å². The molecule has 3 aromatic heterocycles. The van der Waals surface area contributed by atoms with Gasteiger partial charge in [0.05, 0.1) is 12.3 Å². The standard InChI is InChI=1S/C34H38FN7O3/c1-38-9-11-40(12-10-38)25-7-8-36-32(19-25)37-28-15-23(20-39(2)33(28)44)26-17-24(35)18-30(27(26)21-43)42-14-13-41-29-6-4-3-5-22(29)16-31(41)34(42)45/h7-8,15-20,43H,3-6,9-14,21H2,1-2H3,(H,36,37). The number of aliphatic hydroxyl groups is 1. The Morgan fingerprint density at radius 3 is 2.56 bits per heavy atom. The Morgan fingerprint density at radius 2 is 1.76 bits per heavy atom. The Morgan fingerprint density at radius 1 is 0.956 bits per heavy atom. The number of aryl methyl sites for hydroxylation is 2. The van der Waals surface area contributed by atoms with Crippen LogP contribution in [0.4, 0.5) is 27.3 Å². The van der Waals surface area contributed by atoms with Crippen molar-refractivity contribution in [2.24, 2.45) is 7.05 Å². The summed E-state index contributed by atoms with van der Waals surface area (Å²) in [5, 5.41) is 13.8. The number of likely N-dealkylation sites (N-methyl/N-ethyl adjacent to an activating group) is 1. The second kappa shape index (κ2) is 11.8. The minimum absolute atomic E-state index is 0.198. The Kier molecular flexibility index (Phi) is 7.66. The average Bonchev–Trinajstić information content (AvgIpc) is 3.43. The van der Waals surface area contributed by atoms with Gasteiger partial charge in [-0.3, -0.25) is 9.59 Å². The van der Waals surface area contributed by atoms with Gasteiger partial charge in [-0.15, -0.1) is 0 Å². The summed E-state index contributed by atoms with van der Waals surface area (Å²) in [6.45, 7) is 4.31. The topological polar surface area (TPSA) is 98.9 Å². The second-order valence-electron chi connectivity index (χ2n) is 12.3. The normalized spacial score (nSPS) is 16.9. The molecule has 0 saturated carbocycles. The molecule has 0 spiro atoms. The maximum Gasteiger partial charge on any atom is 0.274 e. The summed E-state index contributed by atoms with van der Waals surface area (Å²) in [6.07, 6.45) is 7.50. The Balaban J connectivity index is 1.23. The summed E-state index contributed by atoms with van der Waals surface area (Å²) in [5.41, 5.74) is 5.80. The molecule has 10 nitrogen and oxygen atoms in total. The Hall–Kier alpha value is -4.48. The summed E-state index contributed by atoms with van der Waals surface area (Å²) in [6, 6.07) is 10.2. The monoisotopic (exact) mass is 611 g/mol.